The lowest BCUT2D eigenvalue weighted by atomic mass is 10.2. The number of nitrogens with zero attached hydrogens (tertiary/aromatic N) is 1. The minimum absolute atomic E-state index is 0.0762. The van der Waals surface area contributed by atoms with Gasteiger partial charge in [0.2, 0.25) is 10.0 Å². The number of rotatable bonds is 7. The maximum Gasteiger partial charge on any atom is 0.255 e. The second-order valence-corrected chi connectivity index (χ2v) is 10.7. The molecule has 0 saturated carbocycles. The minimum Gasteiger partial charge on any atom is -0.377 e. The molecule has 2 N–H and O–H groups in total. The van der Waals surface area contributed by atoms with E-state index in [4.69, 9.17) is 4.74 Å². The average molecular weight is 464 g/mol. The highest BCUT2D eigenvalue weighted by Crippen LogP contribution is 2.30. The zero-order valence-electron chi connectivity index (χ0n) is 16.3. The molecule has 0 spiro atoms. The van der Waals surface area contributed by atoms with Gasteiger partial charge in [-0.3, -0.25) is 4.79 Å². The number of sulfonamides is 1. The van der Waals surface area contributed by atoms with Gasteiger partial charge in [0.25, 0.3) is 5.91 Å². The third-order valence-electron chi connectivity index (χ3n) is 4.75. The van der Waals surface area contributed by atoms with Crippen LogP contribution in [-0.4, -0.2) is 44.8 Å². The van der Waals surface area contributed by atoms with Crippen LogP contribution in [0.25, 0.3) is 10.2 Å². The zero-order valence-corrected chi connectivity index (χ0v) is 18.7. The molecule has 158 valence electrons. The lowest BCUT2D eigenvalue weighted by Crippen LogP contribution is -2.31. The van der Waals surface area contributed by atoms with Crippen LogP contribution in [0.2, 0.25) is 0 Å². The Bertz CT molecular complexity index is 1150. The first kappa shape index (κ1) is 21.3. The van der Waals surface area contributed by atoms with Crippen molar-refractivity contribution in [2.75, 3.05) is 24.7 Å². The fourth-order valence-corrected chi connectivity index (χ4v) is 5.74. The fraction of sp³-hybridized carbons (Fsp3) is 0.300. The van der Waals surface area contributed by atoms with E-state index in [1.54, 1.807) is 29.2 Å². The molecule has 1 unspecified atom stereocenters. The van der Waals surface area contributed by atoms with Crippen molar-refractivity contribution < 1.29 is 17.9 Å². The van der Waals surface area contributed by atoms with Gasteiger partial charge in [-0.15, -0.1) is 11.3 Å². The molecule has 1 aliphatic heterocycles. The molecule has 1 aromatic heterocycles. The monoisotopic (exact) mass is 463 g/mol. The molecule has 4 rings (SSSR count). The first-order valence-electron chi connectivity index (χ1n) is 9.42. The van der Waals surface area contributed by atoms with Crippen LogP contribution in [0.3, 0.4) is 0 Å². The highest BCUT2D eigenvalue weighted by Gasteiger charge is 2.20. The Morgan fingerprint density at radius 3 is 2.77 bits per heavy atom. The predicted octanol–water partition coefficient (Wildman–Crippen LogP) is 3.73. The van der Waals surface area contributed by atoms with E-state index in [1.807, 2.05) is 18.4 Å². The van der Waals surface area contributed by atoms with Crippen molar-refractivity contribution in [1.82, 2.24) is 9.71 Å². The summed E-state index contributed by atoms with van der Waals surface area (Å²) in [6.45, 7) is 0.924. The van der Waals surface area contributed by atoms with Gasteiger partial charge in [0, 0.05) is 24.4 Å². The van der Waals surface area contributed by atoms with Crippen LogP contribution in [0.15, 0.2) is 51.7 Å². The molecule has 2 heterocycles. The number of ether oxygens (including phenoxy) is 1. The summed E-state index contributed by atoms with van der Waals surface area (Å²) in [6, 6.07) is 11.4. The van der Waals surface area contributed by atoms with Crippen LogP contribution in [0.5, 0.6) is 0 Å². The number of thioether (sulfide) groups is 1. The van der Waals surface area contributed by atoms with E-state index in [0.717, 1.165) is 27.4 Å². The van der Waals surface area contributed by atoms with Crippen LogP contribution < -0.4 is 10.0 Å². The standard InChI is InChI=1S/C20H21N3O4S3/c1-28-20-23-17-9-6-14(11-18(17)29-20)22-19(24)13-4-7-16(8-5-13)30(25,26)21-12-15-3-2-10-27-15/h4-9,11,15,21H,2-3,10,12H2,1H3,(H,22,24). The lowest BCUT2D eigenvalue weighted by Gasteiger charge is -2.12. The number of carbonyl (C=O) groups is 1. The van der Waals surface area contributed by atoms with Crippen molar-refractivity contribution in [2.24, 2.45) is 0 Å². The third kappa shape index (κ3) is 4.84. The van der Waals surface area contributed by atoms with E-state index < -0.39 is 10.0 Å². The maximum atomic E-state index is 12.6. The third-order valence-corrected chi connectivity index (χ3v) is 8.20. The Morgan fingerprint density at radius 1 is 1.27 bits per heavy atom. The minimum atomic E-state index is -3.64. The largest absolute Gasteiger partial charge is 0.377 e. The smallest absolute Gasteiger partial charge is 0.255 e. The molecule has 0 bridgehead atoms. The van der Waals surface area contributed by atoms with Gasteiger partial charge in [0.05, 0.1) is 21.2 Å². The summed E-state index contributed by atoms with van der Waals surface area (Å²) in [5, 5.41) is 2.85. The summed E-state index contributed by atoms with van der Waals surface area (Å²) in [7, 11) is -3.64. The van der Waals surface area contributed by atoms with Gasteiger partial charge in [0.1, 0.15) is 0 Å². The van der Waals surface area contributed by atoms with Crippen LogP contribution in [0.1, 0.15) is 23.2 Å². The topological polar surface area (TPSA) is 97.4 Å². The molecule has 7 nitrogen and oxygen atoms in total. The molecule has 1 saturated heterocycles. The Hall–Kier alpha value is -1.98. The number of anilines is 1. The SMILES string of the molecule is CSc1nc2ccc(NC(=O)c3ccc(S(=O)(=O)NCC4CCCO4)cc3)cc2s1. The van der Waals surface area contributed by atoms with Crippen molar-refractivity contribution >= 4 is 54.9 Å². The Kier molecular flexibility index (Phi) is 6.40. The van der Waals surface area contributed by atoms with Crippen LogP contribution in [0.4, 0.5) is 5.69 Å². The molecule has 1 fully saturated rings. The molecule has 0 radical (unpaired) electrons. The predicted molar refractivity (Wildman–Crippen MR) is 120 cm³/mol. The summed E-state index contributed by atoms with van der Waals surface area (Å²) in [4.78, 5) is 17.2. The van der Waals surface area contributed by atoms with Gasteiger partial charge in [-0.25, -0.2) is 18.1 Å². The number of hydrogen-bond donors (Lipinski definition) is 2. The molecular formula is C20H21N3O4S3. The van der Waals surface area contributed by atoms with Crippen molar-refractivity contribution in [3.63, 3.8) is 0 Å². The number of carbonyl (C=O) groups excluding carboxylic acids is 1. The van der Waals surface area contributed by atoms with Gasteiger partial charge < -0.3 is 10.1 Å². The van der Waals surface area contributed by atoms with Crippen molar-refractivity contribution in [3.8, 4) is 0 Å². The number of hydrogen-bond acceptors (Lipinski definition) is 7. The van der Waals surface area contributed by atoms with Crippen LogP contribution in [-0.2, 0) is 14.8 Å². The van der Waals surface area contributed by atoms with E-state index >= 15 is 0 Å². The van der Waals surface area contributed by atoms with E-state index in [9.17, 15) is 13.2 Å². The van der Waals surface area contributed by atoms with Crippen LogP contribution >= 0.6 is 23.1 Å². The highest BCUT2D eigenvalue weighted by atomic mass is 32.2. The summed E-state index contributed by atoms with van der Waals surface area (Å²) in [6.07, 6.45) is 3.70. The van der Waals surface area contributed by atoms with E-state index in [0.29, 0.717) is 17.9 Å². The lowest BCUT2D eigenvalue weighted by molar-refractivity contribution is 0.102. The van der Waals surface area contributed by atoms with Crippen molar-refractivity contribution in [1.29, 1.82) is 0 Å². The molecular weight excluding hydrogens is 442 g/mol. The molecule has 3 aromatic rings. The summed E-state index contributed by atoms with van der Waals surface area (Å²) >= 11 is 3.15. The molecule has 10 heteroatoms. The molecule has 1 atom stereocenters. The first-order chi connectivity index (χ1) is 14.4. The number of amides is 1. The fourth-order valence-electron chi connectivity index (χ4n) is 3.15. The summed E-state index contributed by atoms with van der Waals surface area (Å²) < 4.78 is 34.9. The van der Waals surface area contributed by atoms with E-state index in [2.05, 4.69) is 15.0 Å². The van der Waals surface area contributed by atoms with Crippen molar-refractivity contribution in [2.45, 2.75) is 28.2 Å². The molecule has 2 aromatic carbocycles. The number of aromatic nitrogens is 1. The highest BCUT2D eigenvalue weighted by molar-refractivity contribution is 8.00. The normalized spacial score (nSPS) is 16.8. The van der Waals surface area contributed by atoms with Gasteiger partial charge in [-0.05, 0) is 61.6 Å². The number of thiazole rings is 1. The molecule has 1 aliphatic rings. The Balaban J connectivity index is 1.42. The molecule has 0 aliphatic carbocycles. The number of benzene rings is 2. The Labute approximate surface area is 183 Å². The van der Waals surface area contributed by atoms with Gasteiger partial charge in [-0.2, -0.15) is 0 Å². The molecule has 30 heavy (non-hydrogen) atoms. The molecule has 1 amide bonds. The quantitative estimate of drug-likeness (QED) is 0.518. The maximum absolute atomic E-state index is 12.6. The first-order valence-corrected chi connectivity index (χ1v) is 12.9. The van der Waals surface area contributed by atoms with Gasteiger partial charge in [-0.1, -0.05) is 11.8 Å². The van der Waals surface area contributed by atoms with Crippen molar-refractivity contribution in [3.05, 3.63) is 48.0 Å². The zero-order chi connectivity index (χ0) is 21.1. The number of nitrogens with one attached hydrogen (secondary N) is 2. The Morgan fingerprint density at radius 2 is 2.07 bits per heavy atom. The van der Waals surface area contributed by atoms with Gasteiger partial charge in [0.15, 0.2) is 4.34 Å². The van der Waals surface area contributed by atoms with Gasteiger partial charge >= 0.3 is 0 Å². The second kappa shape index (κ2) is 9.03. The average Bonchev–Trinajstić information content (AvgIpc) is 3.41. The number of fused-ring (bicyclic) bond motifs is 1. The summed E-state index contributed by atoms with van der Waals surface area (Å²) in [5.41, 5.74) is 1.94. The van der Waals surface area contributed by atoms with E-state index in [1.165, 1.54) is 24.3 Å². The summed E-state index contributed by atoms with van der Waals surface area (Å²) in [5.74, 6) is -0.305. The van der Waals surface area contributed by atoms with Crippen LogP contribution in [0, 0.1) is 0 Å². The second-order valence-electron chi connectivity index (χ2n) is 6.83. The van der Waals surface area contributed by atoms with E-state index in [-0.39, 0.29) is 23.5 Å².